The van der Waals surface area contributed by atoms with E-state index in [0.717, 1.165) is 0 Å². The lowest BCUT2D eigenvalue weighted by molar-refractivity contribution is 0.0937. The third-order valence-electron chi connectivity index (χ3n) is 3.19. The summed E-state index contributed by atoms with van der Waals surface area (Å²) < 4.78 is 18.4. The van der Waals surface area contributed by atoms with Crippen LogP contribution in [0.5, 0.6) is 5.75 Å². The zero-order valence-corrected chi connectivity index (χ0v) is 11.9. The highest BCUT2D eigenvalue weighted by Crippen LogP contribution is 2.26. The second-order valence-electron chi connectivity index (χ2n) is 4.68. The van der Waals surface area contributed by atoms with Crippen LogP contribution in [-0.2, 0) is 0 Å². The third kappa shape index (κ3) is 3.31. The van der Waals surface area contributed by atoms with Crippen LogP contribution in [0.4, 0.5) is 10.1 Å². The molecule has 1 atom stereocenters. The fourth-order valence-electron chi connectivity index (χ4n) is 2.10. The summed E-state index contributed by atoms with van der Waals surface area (Å²) in [4.78, 5) is 12.3. The quantitative estimate of drug-likeness (QED) is 0.850. The number of anilines is 1. The monoisotopic (exact) mass is 288 g/mol. The molecule has 110 valence electrons. The fourth-order valence-corrected chi connectivity index (χ4v) is 2.10. The second-order valence-corrected chi connectivity index (χ2v) is 4.68. The molecule has 1 amide bonds. The van der Waals surface area contributed by atoms with Gasteiger partial charge in [-0.05, 0) is 36.8 Å². The van der Waals surface area contributed by atoms with Crippen molar-refractivity contribution in [2.75, 3.05) is 12.8 Å². The molecular formula is C16H17FN2O2. The van der Waals surface area contributed by atoms with Crippen molar-refractivity contribution < 1.29 is 13.9 Å². The Balaban J connectivity index is 2.20. The molecule has 0 radical (unpaired) electrons. The third-order valence-corrected chi connectivity index (χ3v) is 3.19. The standard InChI is InChI=1S/C16H17FN2O2/c1-10(11-5-3-6-12(17)9-11)19-16(20)13-7-4-8-14(18)15(13)21-2/h3-10H,18H2,1-2H3,(H,19,20). The number of carbonyl (C=O) groups is 1. The Morgan fingerprint density at radius 3 is 2.67 bits per heavy atom. The minimum absolute atomic E-state index is 0.323. The first-order valence-corrected chi connectivity index (χ1v) is 6.51. The van der Waals surface area contributed by atoms with Gasteiger partial charge < -0.3 is 15.8 Å². The zero-order valence-electron chi connectivity index (χ0n) is 11.9. The molecule has 1 unspecified atom stereocenters. The highest BCUT2D eigenvalue weighted by atomic mass is 19.1. The van der Waals surface area contributed by atoms with Crippen LogP contribution in [0, 0.1) is 5.82 Å². The molecule has 2 aromatic rings. The lowest BCUT2D eigenvalue weighted by Gasteiger charge is -2.16. The number of nitrogen functional groups attached to an aromatic ring is 1. The van der Waals surface area contributed by atoms with Crippen LogP contribution in [0.3, 0.4) is 0 Å². The molecule has 3 N–H and O–H groups in total. The molecule has 0 aromatic heterocycles. The summed E-state index contributed by atoms with van der Waals surface area (Å²) in [6, 6.07) is 10.7. The Labute approximate surface area is 122 Å². The van der Waals surface area contributed by atoms with Crippen molar-refractivity contribution >= 4 is 11.6 Å². The molecule has 0 fully saturated rings. The number of nitrogens with one attached hydrogen (secondary N) is 1. The Hall–Kier alpha value is -2.56. The Morgan fingerprint density at radius 1 is 1.29 bits per heavy atom. The first-order chi connectivity index (χ1) is 10.0. The number of methoxy groups -OCH3 is 1. The Kier molecular flexibility index (Phi) is 4.42. The van der Waals surface area contributed by atoms with Crippen LogP contribution in [0.1, 0.15) is 28.9 Å². The number of nitrogens with two attached hydrogens (primary N) is 1. The van der Waals surface area contributed by atoms with Crippen molar-refractivity contribution in [1.82, 2.24) is 5.32 Å². The van der Waals surface area contributed by atoms with E-state index in [1.807, 2.05) is 0 Å². The van der Waals surface area contributed by atoms with Gasteiger partial charge in [-0.15, -0.1) is 0 Å². The SMILES string of the molecule is COc1c(N)cccc1C(=O)NC(C)c1cccc(F)c1. The molecule has 4 nitrogen and oxygen atoms in total. The molecule has 0 aliphatic carbocycles. The normalized spacial score (nSPS) is 11.8. The zero-order chi connectivity index (χ0) is 15.4. The van der Waals surface area contributed by atoms with Gasteiger partial charge in [0.25, 0.3) is 5.91 Å². The van der Waals surface area contributed by atoms with Gasteiger partial charge in [0.1, 0.15) is 5.82 Å². The van der Waals surface area contributed by atoms with Crippen LogP contribution >= 0.6 is 0 Å². The fraction of sp³-hybridized carbons (Fsp3) is 0.188. The molecule has 0 aliphatic heterocycles. The summed E-state index contributed by atoms with van der Waals surface area (Å²) in [7, 11) is 1.46. The van der Waals surface area contributed by atoms with Gasteiger partial charge in [-0.1, -0.05) is 18.2 Å². The molecule has 0 heterocycles. The summed E-state index contributed by atoms with van der Waals surface area (Å²) >= 11 is 0. The molecule has 0 aliphatic rings. The number of hydrogen-bond acceptors (Lipinski definition) is 3. The van der Waals surface area contributed by atoms with E-state index in [-0.39, 0.29) is 17.8 Å². The van der Waals surface area contributed by atoms with Gasteiger partial charge in [-0.25, -0.2) is 4.39 Å². The maximum absolute atomic E-state index is 13.2. The van der Waals surface area contributed by atoms with Gasteiger partial charge in [-0.3, -0.25) is 4.79 Å². The minimum atomic E-state index is -0.338. The molecule has 2 rings (SSSR count). The second kappa shape index (κ2) is 6.26. The number of rotatable bonds is 4. The van der Waals surface area contributed by atoms with Gasteiger partial charge in [-0.2, -0.15) is 0 Å². The van der Waals surface area contributed by atoms with Crippen molar-refractivity contribution in [1.29, 1.82) is 0 Å². The molecule has 0 saturated carbocycles. The molecular weight excluding hydrogens is 271 g/mol. The summed E-state index contributed by atoms with van der Waals surface area (Å²) in [6.45, 7) is 1.78. The van der Waals surface area contributed by atoms with Gasteiger partial charge in [0.2, 0.25) is 0 Å². The summed E-state index contributed by atoms with van der Waals surface area (Å²) in [5.41, 5.74) is 7.20. The smallest absolute Gasteiger partial charge is 0.255 e. The molecule has 2 aromatic carbocycles. The number of benzene rings is 2. The average Bonchev–Trinajstić information content (AvgIpc) is 2.46. The molecule has 0 bridgehead atoms. The molecule has 0 saturated heterocycles. The average molecular weight is 288 g/mol. The molecule has 0 spiro atoms. The maximum Gasteiger partial charge on any atom is 0.255 e. The number of halogens is 1. The minimum Gasteiger partial charge on any atom is -0.494 e. The first kappa shape index (κ1) is 14.8. The highest BCUT2D eigenvalue weighted by Gasteiger charge is 2.17. The first-order valence-electron chi connectivity index (χ1n) is 6.51. The highest BCUT2D eigenvalue weighted by molar-refractivity contribution is 5.98. The van der Waals surface area contributed by atoms with Crippen molar-refractivity contribution in [3.05, 3.63) is 59.4 Å². The van der Waals surface area contributed by atoms with E-state index in [1.54, 1.807) is 37.3 Å². The number of ether oxygens (including phenoxy) is 1. The van der Waals surface area contributed by atoms with Gasteiger partial charge in [0, 0.05) is 0 Å². The van der Waals surface area contributed by atoms with Crippen molar-refractivity contribution in [2.45, 2.75) is 13.0 Å². The summed E-state index contributed by atoms with van der Waals surface area (Å²) in [5.74, 6) is -0.326. The van der Waals surface area contributed by atoms with Crippen molar-refractivity contribution in [3.63, 3.8) is 0 Å². The van der Waals surface area contributed by atoms with E-state index < -0.39 is 0 Å². The van der Waals surface area contributed by atoms with Crippen LogP contribution in [0.15, 0.2) is 42.5 Å². The van der Waals surface area contributed by atoms with Crippen LogP contribution in [0.2, 0.25) is 0 Å². The van der Waals surface area contributed by atoms with E-state index in [4.69, 9.17) is 10.5 Å². The summed E-state index contributed by atoms with van der Waals surface area (Å²) in [5, 5.41) is 2.80. The number of carbonyl (C=O) groups excluding carboxylic acids is 1. The van der Waals surface area contributed by atoms with Crippen LogP contribution in [-0.4, -0.2) is 13.0 Å². The Morgan fingerprint density at radius 2 is 2.00 bits per heavy atom. The topological polar surface area (TPSA) is 64.3 Å². The van der Waals surface area contributed by atoms with Gasteiger partial charge >= 0.3 is 0 Å². The molecule has 5 heteroatoms. The number of hydrogen-bond donors (Lipinski definition) is 2. The number of amides is 1. The van der Waals surface area contributed by atoms with Gasteiger partial charge in [0.05, 0.1) is 24.4 Å². The summed E-state index contributed by atoms with van der Waals surface area (Å²) in [6.07, 6.45) is 0. The van der Waals surface area contributed by atoms with E-state index in [9.17, 15) is 9.18 Å². The van der Waals surface area contributed by atoms with Gasteiger partial charge in [0.15, 0.2) is 5.75 Å². The largest absolute Gasteiger partial charge is 0.494 e. The predicted molar refractivity (Wildman–Crippen MR) is 79.7 cm³/mol. The maximum atomic E-state index is 13.2. The van der Waals surface area contributed by atoms with Crippen molar-refractivity contribution in [3.8, 4) is 5.75 Å². The van der Waals surface area contributed by atoms with E-state index in [2.05, 4.69) is 5.32 Å². The number of para-hydroxylation sites is 1. The molecule has 21 heavy (non-hydrogen) atoms. The lowest BCUT2D eigenvalue weighted by Crippen LogP contribution is -2.27. The van der Waals surface area contributed by atoms with E-state index >= 15 is 0 Å². The van der Waals surface area contributed by atoms with Crippen molar-refractivity contribution in [2.24, 2.45) is 0 Å². The predicted octanol–water partition coefficient (Wildman–Crippen LogP) is 2.91. The van der Waals surface area contributed by atoms with E-state index in [1.165, 1.54) is 19.2 Å². The lowest BCUT2D eigenvalue weighted by atomic mass is 10.1. The Bertz CT molecular complexity index is 658. The van der Waals surface area contributed by atoms with E-state index in [0.29, 0.717) is 22.6 Å². The van der Waals surface area contributed by atoms with Crippen LogP contribution < -0.4 is 15.8 Å². The van der Waals surface area contributed by atoms with Crippen LogP contribution in [0.25, 0.3) is 0 Å².